The molecule has 0 aliphatic heterocycles. The zero-order chi connectivity index (χ0) is 20.1. The van der Waals surface area contributed by atoms with Crippen LogP contribution in [0.15, 0.2) is 53.9 Å². The van der Waals surface area contributed by atoms with Gasteiger partial charge >= 0.3 is 0 Å². The van der Waals surface area contributed by atoms with Crippen molar-refractivity contribution >= 4 is 29.3 Å². The molecule has 3 aromatic rings. The van der Waals surface area contributed by atoms with Gasteiger partial charge < -0.3 is 9.88 Å². The standard InChI is InChI=1S/C20H22ClN5OS/c1-13(2)17(19(27)23-12-14-5-4-10-22-11-14)28-20-25-24-18(26(20)3)15-6-8-16(21)9-7-15/h4-11,13,17H,12H2,1-3H3,(H,23,27). The number of hydrogen-bond acceptors (Lipinski definition) is 5. The highest BCUT2D eigenvalue weighted by atomic mass is 35.5. The number of amides is 1. The van der Waals surface area contributed by atoms with E-state index in [1.807, 2.05) is 61.9 Å². The first kappa shape index (κ1) is 20.4. The molecule has 0 radical (unpaired) electrons. The molecule has 1 unspecified atom stereocenters. The lowest BCUT2D eigenvalue weighted by atomic mass is 10.1. The van der Waals surface area contributed by atoms with Crippen molar-refractivity contribution in [2.75, 3.05) is 0 Å². The fraction of sp³-hybridized carbons (Fsp3) is 0.300. The summed E-state index contributed by atoms with van der Waals surface area (Å²) in [5.41, 5.74) is 1.89. The molecule has 28 heavy (non-hydrogen) atoms. The quantitative estimate of drug-likeness (QED) is 0.591. The Labute approximate surface area is 173 Å². The Morgan fingerprint density at radius 3 is 2.61 bits per heavy atom. The van der Waals surface area contributed by atoms with E-state index in [0.717, 1.165) is 17.0 Å². The molecule has 2 heterocycles. The van der Waals surface area contributed by atoms with Gasteiger partial charge in [-0.25, -0.2) is 0 Å². The molecule has 0 saturated heterocycles. The van der Waals surface area contributed by atoms with Crippen molar-refractivity contribution in [3.05, 3.63) is 59.4 Å². The summed E-state index contributed by atoms with van der Waals surface area (Å²) in [5, 5.41) is 12.7. The maximum Gasteiger partial charge on any atom is 0.234 e. The predicted molar refractivity (Wildman–Crippen MR) is 112 cm³/mol. The third-order valence-corrected chi connectivity index (χ3v) is 6.05. The van der Waals surface area contributed by atoms with Crippen molar-refractivity contribution in [1.29, 1.82) is 0 Å². The fourth-order valence-electron chi connectivity index (χ4n) is 2.67. The Morgan fingerprint density at radius 2 is 1.96 bits per heavy atom. The molecular weight excluding hydrogens is 394 g/mol. The zero-order valence-electron chi connectivity index (χ0n) is 16.0. The Kier molecular flexibility index (Phi) is 6.70. The van der Waals surface area contributed by atoms with Crippen LogP contribution in [0.2, 0.25) is 5.02 Å². The van der Waals surface area contributed by atoms with Crippen LogP contribution < -0.4 is 5.32 Å². The van der Waals surface area contributed by atoms with E-state index in [9.17, 15) is 4.79 Å². The van der Waals surface area contributed by atoms with Gasteiger partial charge in [-0.05, 0) is 41.8 Å². The van der Waals surface area contributed by atoms with Crippen LogP contribution in [0.4, 0.5) is 0 Å². The minimum absolute atomic E-state index is 0.0279. The molecule has 0 saturated carbocycles. The first-order valence-electron chi connectivity index (χ1n) is 8.94. The van der Waals surface area contributed by atoms with Crippen molar-refractivity contribution in [2.45, 2.75) is 30.8 Å². The average molecular weight is 416 g/mol. The second kappa shape index (κ2) is 9.21. The van der Waals surface area contributed by atoms with Gasteiger partial charge in [-0.3, -0.25) is 9.78 Å². The predicted octanol–water partition coefficient (Wildman–Crippen LogP) is 3.96. The molecule has 1 amide bonds. The highest BCUT2D eigenvalue weighted by Crippen LogP contribution is 2.29. The van der Waals surface area contributed by atoms with Crippen molar-refractivity contribution in [3.8, 4) is 11.4 Å². The second-order valence-corrected chi connectivity index (χ2v) is 8.28. The fourth-order valence-corrected chi connectivity index (χ4v) is 3.81. The third kappa shape index (κ3) is 4.91. The largest absolute Gasteiger partial charge is 0.351 e. The highest BCUT2D eigenvalue weighted by molar-refractivity contribution is 8.00. The second-order valence-electron chi connectivity index (χ2n) is 6.73. The number of carbonyl (C=O) groups is 1. The number of halogens is 1. The molecule has 0 aliphatic rings. The summed E-state index contributed by atoms with van der Waals surface area (Å²) < 4.78 is 1.90. The van der Waals surface area contributed by atoms with Crippen LogP contribution in [-0.4, -0.2) is 30.9 Å². The maximum absolute atomic E-state index is 12.8. The molecule has 0 spiro atoms. The van der Waals surface area contributed by atoms with Gasteiger partial charge in [-0.1, -0.05) is 43.3 Å². The Bertz CT molecular complexity index is 928. The lowest BCUT2D eigenvalue weighted by Crippen LogP contribution is -2.35. The van der Waals surface area contributed by atoms with Crippen LogP contribution in [0.3, 0.4) is 0 Å². The number of hydrogen-bond donors (Lipinski definition) is 1. The summed E-state index contributed by atoms with van der Waals surface area (Å²) in [6.45, 7) is 4.50. The summed E-state index contributed by atoms with van der Waals surface area (Å²) in [6, 6.07) is 11.2. The number of nitrogens with one attached hydrogen (secondary N) is 1. The molecule has 6 nitrogen and oxygen atoms in total. The van der Waals surface area contributed by atoms with Gasteiger partial charge in [0.05, 0.1) is 5.25 Å². The number of pyridine rings is 1. The van der Waals surface area contributed by atoms with Gasteiger partial charge in [-0.15, -0.1) is 10.2 Å². The van der Waals surface area contributed by atoms with E-state index in [4.69, 9.17) is 11.6 Å². The molecular formula is C20H22ClN5OS. The lowest BCUT2D eigenvalue weighted by molar-refractivity contribution is -0.121. The zero-order valence-corrected chi connectivity index (χ0v) is 17.5. The van der Waals surface area contributed by atoms with E-state index in [1.165, 1.54) is 11.8 Å². The average Bonchev–Trinajstić information content (AvgIpc) is 3.05. The minimum Gasteiger partial charge on any atom is -0.351 e. The van der Waals surface area contributed by atoms with E-state index in [-0.39, 0.29) is 17.1 Å². The summed E-state index contributed by atoms with van der Waals surface area (Å²) in [6.07, 6.45) is 3.46. The monoisotopic (exact) mass is 415 g/mol. The Hall–Kier alpha value is -2.38. The number of benzene rings is 1. The Morgan fingerprint density at radius 1 is 1.21 bits per heavy atom. The molecule has 0 bridgehead atoms. The third-order valence-electron chi connectivity index (χ3n) is 4.22. The van der Waals surface area contributed by atoms with Crippen LogP contribution in [0.25, 0.3) is 11.4 Å². The van der Waals surface area contributed by atoms with Crippen LogP contribution in [0, 0.1) is 5.92 Å². The van der Waals surface area contributed by atoms with E-state index >= 15 is 0 Å². The van der Waals surface area contributed by atoms with E-state index in [0.29, 0.717) is 16.7 Å². The topological polar surface area (TPSA) is 72.7 Å². The first-order valence-corrected chi connectivity index (χ1v) is 10.2. The van der Waals surface area contributed by atoms with Gasteiger partial charge in [0, 0.05) is 36.6 Å². The number of nitrogens with zero attached hydrogens (tertiary/aromatic N) is 4. The summed E-state index contributed by atoms with van der Waals surface area (Å²) in [4.78, 5) is 16.8. The number of thioether (sulfide) groups is 1. The van der Waals surface area contributed by atoms with E-state index in [1.54, 1.807) is 12.4 Å². The van der Waals surface area contributed by atoms with Crippen LogP contribution in [0.5, 0.6) is 0 Å². The van der Waals surface area contributed by atoms with Crippen molar-refractivity contribution in [2.24, 2.45) is 13.0 Å². The van der Waals surface area contributed by atoms with Gasteiger partial charge in [-0.2, -0.15) is 0 Å². The number of rotatable bonds is 7. The SMILES string of the molecule is CC(C)C(Sc1nnc(-c2ccc(Cl)cc2)n1C)C(=O)NCc1cccnc1. The summed E-state index contributed by atoms with van der Waals surface area (Å²) >= 11 is 7.38. The summed E-state index contributed by atoms with van der Waals surface area (Å²) in [5.74, 6) is 0.840. The number of carbonyl (C=O) groups excluding carboxylic acids is 1. The maximum atomic E-state index is 12.8. The normalized spacial score (nSPS) is 12.2. The molecule has 1 atom stereocenters. The molecule has 2 aromatic heterocycles. The smallest absolute Gasteiger partial charge is 0.234 e. The molecule has 146 valence electrons. The van der Waals surface area contributed by atoms with Crippen LogP contribution in [0.1, 0.15) is 19.4 Å². The van der Waals surface area contributed by atoms with Crippen LogP contribution in [-0.2, 0) is 18.4 Å². The Balaban J connectivity index is 1.72. The molecule has 0 fully saturated rings. The molecule has 0 aliphatic carbocycles. The number of aromatic nitrogens is 4. The molecule has 1 N–H and O–H groups in total. The molecule has 8 heteroatoms. The molecule has 3 rings (SSSR count). The lowest BCUT2D eigenvalue weighted by Gasteiger charge is -2.19. The van der Waals surface area contributed by atoms with Gasteiger partial charge in [0.15, 0.2) is 11.0 Å². The van der Waals surface area contributed by atoms with Gasteiger partial charge in [0.2, 0.25) is 5.91 Å². The van der Waals surface area contributed by atoms with Gasteiger partial charge in [0.25, 0.3) is 0 Å². The highest BCUT2D eigenvalue weighted by Gasteiger charge is 2.26. The van der Waals surface area contributed by atoms with E-state index in [2.05, 4.69) is 20.5 Å². The van der Waals surface area contributed by atoms with Crippen molar-refractivity contribution < 1.29 is 4.79 Å². The van der Waals surface area contributed by atoms with Crippen molar-refractivity contribution in [3.63, 3.8) is 0 Å². The first-order chi connectivity index (χ1) is 13.5. The van der Waals surface area contributed by atoms with Crippen LogP contribution >= 0.6 is 23.4 Å². The van der Waals surface area contributed by atoms with E-state index < -0.39 is 0 Å². The minimum atomic E-state index is -0.280. The van der Waals surface area contributed by atoms with Crippen molar-refractivity contribution in [1.82, 2.24) is 25.1 Å². The molecule has 1 aromatic carbocycles. The van der Waals surface area contributed by atoms with Gasteiger partial charge in [0.1, 0.15) is 0 Å². The summed E-state index contributed by atoms with van der Waals surface area (Å²) in [7, 11) is 1.90.